The lowest BCUT2D eigenvalue weighted by Gasteiger charge is -2.34. The van der Waals surface area contributed by atoms with Crippen molar-refractivity contribution in [1.82, 2.24) is 10.3 Å². The second-order valence-electron chi connectivity index (χ2n) is 6.32. The van der Waals surface area contributed by atoms with E-state index in [9.17, 15) is 9.59 Å². The average Bonchev–Trinajstić information content (AvgIpc) is 2.56. The Morgan fingerprint density at radius 2 is 2.08 bits per heavy atom. The summed E-state index contributed by atoms with van der Waals surface area (Å²) in [5, 5.41) is 12.0. The molecule has 132 valence electrons. The van der Waals surface area contributed by atoms with Gasteiger partial charge in [-0.3, -0.25) is 4.79 Å². The van der Waals surface area contributed by atoms with Gasteiger partial charge in [-0.1, -0.05) is 26.7 Å². The molecule has 2 atom stereocenters. The molecule has 1 aromatic heterocycles. The highest BCUT2D eigenvalue weighted by atomic mass is 16.5. The number of ether oxygens (including phenoxy) is 1. The summed E-state index contributed by atoms with van der Waals surface area (Å²) in [6, 6.07) is 2.96. The van der Waals surface area contributed by atoms with E-state index in [1.54, 1.807) is 6.92 Å². The van der Waals surface area contributed by atoms with Crippen LogP contribution in [0.3, 0.4) is 0 Å². The first kappa shape index (κ1) is 18.4. The summed E-state index contributed by atoms with van der Waals surface area (Å²) in [7, 11) is 0. The number of nitrogens with zero attached hydrogens (tertiary/aromatic N) is 1. The third-order valence-electron chi connectivity index (χ3n) is 4.77. The number of carbonyl (C=O) groups excluding carboxylic acids is 1. The molecule has 2 N–H and O–H groups in total. The average molecular weight is 334 g/mol. The number of amides is 1. The molecule has 1 amide bonds. The first-order valence-corrected chi connectivity index (χ1v) is 8.59. The molecule has 0 radical (unpaired) electrons. The Bertz CT molecular complexity index is 599. The second-order valence-corrected chi connectivity index (χ2v) is 6.32. The predicted octanol–water partition coefficient (Wildman–Crippen LogP) is 2.80. The molecule has 0 aromatic carbocycles. The lowest BCUT2D eigenvalue weighted by Crippen LogP contribution is -2.44. The van der Waals surface area contributed by atoms with Gasteiger partial charge in [0.25, 0.3) is 5.91 Å². The maximum Gasteiger partial charge on any atom is 0.337 e. The molecule has 1 fully saturated rings. The third kappa shape index (κ3) is 4.32. The number of carbonyl (C=O) groups is 2. The molecule has 1 aliphatic rings. The van der Waals surface area contributed by atoms with Crippen molar-refractivity contribution < 1.29 is 19.4 Å². The highest BCUT2D eigenvalue weighted by molar-refractivity contribution is 5.94. The minimum atomic E-state index is -1.04. The minimum Gasteiger partial charge on any atom is -0.478 e. The Kier molecular flexibility index (Phi) is 6.31. The van der Waals surface area contributed by atoms with Gasteiger partial charge >= 0.3 is 5.97 Å². The van der Waals surface area contributed by atoms with Gasteiger partial charge in [-0.05, 0) is 37.8 Å². The fourth-order valence-electron chi connectivity index (χ4n) is 3.27. The van der Waals surface area contributed by atoms with Crippen molar-refractivity contribution in [2.24, 2.45) is 5.92 Å². The van der Waals surface area contributed by atoms with E-state index >= 15 is 0 Å². The number of carboxylic acid groups (broad SMARTS) is 1. The summed E-state index contributed by atoms with van der Waals surface area (Å²) in [5.74, 6) is -0.783. The van der Waals surface area contributed by atoms with E-state index in [1.807, 2.05) is 0 Å². The molecule has 0 spiro atoms. The second kappa shape index (κ2) is 8.24. The number of aryl methyl sites for hydroxylation is 1. The van der Waals surface area contributed by atoms with Gasteiger partial charge in [0, 0.05) is 12.6 Å². The van der Waals surface area contributed by atoms with Crippen LogP contribution in [0.5, 0.6) is 0 Å². The molecule has 1 aromatic rings. The number of rotatable bonds is 6. The first-order valence-electron chi connectivity index (χ1n) is 8.59. The van der Waals surface area contributed by atoms with Gasteiger partial charge in [0.1, 0.15) is 5.69 Å². The summed E-state index contributed by atoms with van der Waals surface area (Å²) in [5.41, 5.74) is 0.714. The van der Waals surface area contributed by atoms with Crippen LogP contribution in [0.15, 0.2) is 12.1 Å². The number of hydrogen-bond donors (Lipinski definition) is 2. The topological polar surface area (TPSA) is 88.5 Å². The fraction of sp³-hybridized carbons (Fsp3) is 0.611. The Balaban J connectivity index is 2.01. The molecule has 0 aliphatic carbocycles. The number of carboxylic acids is 1. The van der Waals surface area contributed by atoms with Crippen molar-refractivity contribution >= 4 is 11.9 Å². The van der Waals surface area contributed by atoms with Gasteiger partial charge in [0.05, 0.1) is 17.4 Å². The van der Waals surface area contributed by atoms with Crippen molar-refractivity contribution in [3.63, 3.8) is 0 Å². The van der Waals surface area contributed by atoms with Crippen molar-refractivity contribution in [3.8, 4) is 0 Å². The van der Waals surface area contributed by atoms with Gasteiger partial charge in [0.15, 0.2) is 0 Å². The predicted molar refractivity (Wildman–Crippen MR) is 90.2 cm³/mol. The number of aromatic nitrogens is 1. The van der Waals surface area contributed by atoms with Crippen LogP contribution < -0.4 is 5.32 Å². The summed E-state index contributed by atoms with van der Waals surface area (Å²) in [6.07, 6.45) is 3.92. The first-order chi connectivity index (χ1) is 11.5. The Morgan fingerprint density at radius 1 is 1.38 bits per heavy atom. The van der Waals surface area contributed by atoms with E-state index in [0.29, 0.717) is 18.2 Å². The smallest absolute Gasteiger partial charge is 0.337 e. The Morgan fingerprint density at radius 3 is 2.67 bits per heavy atom. The zero-order chi connectivity index (χ0) is 17.7. The van der Waals surface area contributed by atoms with Crippen molar-refractivity contribution in [2.75, 3.05) is 6.61 Å². The van der Waals surface area contributed by atoms with Gasteiger partial charge in [-0.2, -0.15) is 0 Å². The van der Waals surface area contributed by atoms with E-state index in [1.165, 1.54) is 12.1 Å². The summed E-state index contributed by atoms with van der Waals surface area (Å²) < 4.78 is 5.87. The number of hydrogen-bond acceptors (Lipinski definition) is 4. The molecule has 6 nitrogen and oxygen atoms in total. The van der Waals surface area contributed by atoms with E-state index in [-0.39, 0.29) is 29.3 Å². The maximum absolute atomic E-state index is 12.4. The Hall–Kier alpha value is -1.95. The van der Waals surface area contributed by atoms with Crippen LogP contribution in [0.2, 0.25) is 0 Å². The normalized spacial score (nSPS) is 20.8. The van der Waals surface area contributed by atoms with Crippen molar-refractivity contribution in [3.05, 3.63) is 29.1 Å². The molecule has 2 heterocycles. The summed E-state index contributed by atoms with van der Waals surface area (Å²) in [4.78, 5) is 27.5. The molecular formula is C18H26N2O4. The molecule has 6 heteroatoms. The molecule has 2 rings (SSSR count). The minimum absolute atomic E-state index is 0.0677. The third-order valence-corrected chi connectivity index (χ3v) is 4.77. The SMILES string of the molecule is CCC(CC)C1CC(NC(=O)c2ccc(C(=O)O)c(C)n2)CCO1. The van der Waals surface area contributed by atoms with Crippen LogP contribution in [0.1, 0.15) is 66.1 Å². The van der Waals surface area contributed by atoms with Crippen LogP contribution >= 0.6 is 0 Å². The highest BCUT2D eigenvalue weighted by Crippen LogP contribution is 2.25. The van der Waals surface area contributed by atoms with E-state index < -0.39 is 5.97 Å². The van der Waals surface area contributed by atoms with Gasteiger partial charge in [-0.25, -0.2) is 9.78 Å². The molecule has 2 unspecified atom stereocenters. The van der Waals surface area contributed by atoms with Crippen LogP contribution in [0.25, 0.3) is 0 Å². The zero-order valence-corrected chi connectivity index (χ0v) is 14.5. The maximum atomic E-state index is 12.4. The lowest BCUT2D eigenvalue weighted by molar-refractivity contribution is -0.0337. The van der Waals surface area contributed by atoms with E-state index in [0.717, 1.165) is 25.7 Å². The van der Waals surface area contributed by atoms with E-state index in [4.69, 9.17) is 9.84 Å². The van der Waals surface area contributed by atoms with E-state index in [2.05, 4.69) is 24.1 Å². The van der Waals surface area contributed by atoms with Crippen LogP contribution in [0.4, 0.5) is 0 Å². The van der Waals surface area contributed by atoms with Gasteiger partial charge in [0.2, 0.25) is 0 Å². The monoisotopic (exact) mass is 334 g/mol. The fourth-order valence-corrected chi connectivity index (χ4v) is 3.27. The molecule has 24 heavy (non-hydrogen) atoms. The number of pyridine rings is 1. The van der Waals surface area contributed by atoms with Gasteiger partial charge in [-0.15, -0.1) is 0 Å². The lowest BCUT2D eigenvalue weighted by atomic mass is 9.89. The summed E-state index contributed by atoms with van der Waals surface area (Å²) >= 11 is 0. The largest absolute Gasteiger partial charge is 0.478 e. The van der Waals surface area contributed by atoms with Crippen molar-refractivity contribution in [1.29, 1.82) is 0 Å². The standard InChI is InChI=1S/C18H26N2O4/c1-4-12(5-2)16-10-13(8-9-24-16)20-17(21)15-7-6-14(18(22)23)11(3)19-15/h6-7,12-13,16H,4-5,8-10H2,1-3H3,(H,20,21)(H,22,23). The van der Waals surface area contributed by atoms with Gasteiger partial charge < -0.3 is 15.2 Å². The number of nitrogens with one attached hydrogen (secondary N) is 1. The van der Waals surface area contributed by atoms with Crippen molar-refractivity contribution in [2.45, 2.75) is 58.6 Å². The summed E-state index contributed by atoms with van der Waals surface area (Å²) in [6.45, 7) is 6.57. The zero-order valence-electron chi connectivity index (χ0n) is 14.5. The Labute approximate surface area is 142 Å². The van der Waals surface area contributed by atoms with Crippen LogP contribution in [-0.2, 0) is 4.74 Å². The highest BCUT2D eigenvalue weighted by Gasteiger charge is 2.28. The molecular weight excluding hydrogens is 308 g/mol. The molecule has 0 bridgehead atoms. The quantitative estimate of drug-likeness (QED) is 0.835. The van der Waals surface area contributed by atoms with Crippen LogP contribution in [-0.4, -0.2) is 40.7 Å². The number of aromatic carboxylic acids is 1. The molecule has 1 saturated heterocycles. The molecule has 1 aliphatic heterocycles. The van der Waals surface area contributed by atoms with Crippen LogP contribution in [0, 0.1) is 12.8 Å². The molecule has 0 saturated carbocycles.